The number of benzene rings is 2. The van der Waals surface area contributed by atoms with Crippen LogP contribution < -0.4 is 16.6 Å². The van der Waals surface area contributed by atoms with E-state index in [9.17, 15) is 14.4 Å². The van der Waals surface area contributed by atoms with Gasteiger partial charge in [-0.25, -0.2) is 9.36 Å². The van der Waals surface area contributed by atoms with E-state index in [1.54, 1.807) is 72.3 Å². The molecule has 2 aromatic carbocycles. The van der Waals surface area contributed by atoms with E-state index in [0.717, 1.165) is 10.3 Å². The van der Waals surface area contributed by atoms with E-state index in [-0.39, 0.29) is 6.54 Å². The molecule has 0 spiro atoms. The average molecular weight is 413 g/mol. The summed E-state index contributed by atoms with van der Waals surface area (Å²) < 4.78 is 4.08. The van der Waals surface area contributed by atoms with E-state index < -0.39 is 17.2 Å². The lowest BCUT2D eigenvalue weighted by Crippen LogP contribution is -2.41. The number of nitrogens with zero attached hydrogens (tertiary/aromatic N) is 4. The Morgan fingerprint density at radius 3 is 2.52 bits per heavy atom. The van der Waals surface area contributed by atoms with Crippen molar-refractivity contribution in [1.29, 1.82) is 5.26 Å². The number of amides is 1. The SMILES string of the molecule is Cc1cc2c(c(=O)n(-c3ccccc3)c(=O)n2CC(=O)Nc2cccc(C#N)c2)n1C. The topological polar surface area (TPSA) is 102 Å². The third-order valence-electron chi connectivity index (χ3n) is 5.16. The highest BCUT2D eigenvalue weighted by atomic mass is 16.2. The van der Waals surface area contributed by atoms with Crippen LogP contribution in [0.4, 0.5) is 5.69 Å². The molecule has 1 amide bonds. The maximum Gasteiger partial charge on any atom is 0.336 e. The fourth-order valence-electron chi connectivity index (χ4n) is 3.55. The molecule has 0 saturated carbocycles. The number of aromatic nitrogens is 3. The Morgan fingerprint density at radius 2 is 1.81 bits per heavy atom. The van der Waals surface area contributed by atoms with Crippen LogP contribution in [0.3, 0.4) is 0 Å². The van der Waals surface area contributed by atoms with Gasteiger partial charge in [-0.3, -0.25) is 14.2 Å². The molecule has 1 N–H and O–H groups in total. The fourth-order valence-corrected chi connectivity index (χ4v) is 3.55. The summed E-state index contributed by atoms with van der Waals surface area (Å²) in [5.41, 5.74) is 1.75. The van der Waals surface area contributed by atoms with E-state index in [1.807, 2.05) is 13.0 Å². The molecular weight excluding hydrogens is 394 g/mol. The van der Waals surface area contributed by atoms with Gasteiger partial charge in [-0.1, -0.05) is 24.3 Å². The summed E-state index contributed by atoms with van der Waals surface area (Å²) in [7, 11) is 1.75. The number of rotatable bonds is 4. The molecular formula is C23H19N5O3. The van der Waals surface area contributed by atoms with Crippen LogP contribution in [-0.4, -0.2) is 19.6 Å². The van der Waals surface area contributed by atoms with E-state index in [2.05, 4.69) is 5.32 Å². The van der Waals surface area contributed by atoms with Crippen LogP contribution in [0.1, 0.15) is 11.3 Å². The number of anilines is 1. The van der Waals surface area contributed by atoms with E-state index >= 15 is 0 Å². The number of nitriles is 1. The van der Waals surface area contributed by atoms with E-state index in [0.29, 0.717) is 28.0 Å². The summed E-state index contributed by atoms with van der Waals surface area (Å²) in [6.45, 7) is 1.54. The molecule has 4 aromatic rings. The van der Waals surface area contributed by atoms with Crippen molar-refractivity contribution >= 4 is 22.6 Å². The Hall–Kier alpha value is -4.38. The molecule has 0 bridgehead atoms. The molecule has 4 rings (SSSR count). The molecule has 31 heavy (non-hydrogen) atoms. The van der Waals surface area contributed by atoms with Crippen LogP contribution in [0.5, 0.6) is 0 Å². The zero-order valence-corrected chi connectivity index (χ0v) is 17.0. The first-order chi connectivity index (χ1) is 14.9. The Kier molecular flexibility index (Phi) is 5.01. The van der Waals surface area contributed by atoms with Gasteiger partial charge in [0.05, 0.1) is 22.8 Å². The van der Waals surface area contributed by atoms with Crippen molar-refractivity contribution in [3.8, 4) is 11.8 Å². The smallest absolute Gasteiger partial charge is 0.336 e. The molecule has 0 aliphatic carbocycles. The van der Waals surface area contributed by atoms with Gasteiger partial charge in [-0.2, -0.15) is 5.26 Å². The maximum atomic E-state index is 13.3. The summed E-state index contributed by atoms with van der Waals surface area (Å²) >= 11 is 0. The van der Waals surface area contributed by atoms with Crippen LogP contribution in [0.15, 0.2) is 70.3 Å². The standard InChI is InChI=1S/C23H19N5O3/c1-15-11-19-21(26(15)2)22(30)28(18-9-4-3-5-10-18)23(31)27(19)14-20(29)25-17-8-6-7-16(12-17)13-24/h3-12H,14H2,1-2H3,(H,25,29). The van der Waals surface area contributed by atoms with Gasteiger partial charge in [0.2, 0.25) is 5.91 Å². The average Bonchev–Trinajstić information content (AvgIpc) is 3.06. The lowest BCUT2D eigenvalue weighted by Gasteiger charge is -2.13. The van der Waals surface area contributed by atoms with Crippen molar-refractivity contribution in [3.63, 3.8) is 0 Å². The van der Waals surface area contributed by atoms with E-state index in [1.165, 1.54) is 4.57 Å². The third-order valence-corrected chi connectivity index (χ3v) is 5.16. The summed E-state index contributed by atoms with van der Waals surface area (Å²) in [4.78, 5) is 39.2. The number of aryl methyl sites for hydroxylation is 2. The summed E-state index contributed by atoms with van der Waals surface area (Å²) in [6, 6.07) is 18.8. The minimum absolute atomic E-state index is 0.289. The van der Waals surface area contributed by atoms with Gasteiger partial charge in [0.15, 0.2) is 0 Å². The Morgan fingerprint density at radius 1 is 1.06 bits per heavy atom. The first-order valence-corrected chi connectivity index (χ1v) is 9.58. The van der Waals surface area contributed by atoms with Gasteiger partial charge in [0, 0.05) is 18.4 Å². The predicted molar refractivity (Wildman–Crippen MR) is 117 cm³/mol. The number of carbonyl (C=O) groups is 1. The first kappa shape index (κ1) is 19.9. The Labute approximate surface area is 177 Å². The number of hydrogen-bond donors (Lipinski definition) is 1. The molecule has 2 heterocycles. The minimum Gasteiger partial charge on any atom is -0.342 e. The predicted octanol–water partition coefficient (Wildman–Crippen LogP) is 2.31. The highest BCUT2D eigenvalue weighted by Crippen LogP contribution is 2.15. The second-order valence-electron chi connectivity index (χ2n) is 7.16. The maximum absolute atomic E-state index is 13.3. The van der Waals surface area contributed by atoms with Crippen molar-refractivity contribution in [2.24, 2.45) is 7.05 Å². The number of para-hydroxylation sites is 1. The van der Waals surface area contributed by atoms with Gasteiger partial charge in [0.1, 0.15) is 12.1 Å². The molecule has 0 fully saturated rings. The number of nitrogens with one attached hydrogen (secondary N) is 1. The van der Waals surface area contributed by atoms with Crippen molar-refractivity contribution in [3.05, 3.63) is 92.8 Å². The zero-order valence-electron chi connectivity index (χ0n) is 17.0. The monoisotopic (exact) mass is 413 g/mol. The van der Waals surface area contributed by atoms with Gasteiger partial charge in [-0.05, 0) is 43.3 Å². The first-order valence-electron chi connectivity index (χ1n) is 9.58. The fraction of sp³-hybridized carbons (Fsp3) is 0.130. The van der Waals surface area contributed by atoms with Crippen molar-refractivity contribution in [1.82, 2.24) is 13.7 Å². The lowest BCUT2D eigenvalue weighted by molar-refractivity contribution is -0.116. The van der Waals surface area contributed by atoms with Crippen molar-refractivity contribution in [2.75, 3.05) is 5.32 Å². The van der Waals surface area contributed by atoms with Gasteiger partial charge in [-0.15, -0.1) is 0 Å². The van der Waals surface area contributed by atoms with Crippen LogP contribution in [0.25, 0.3) is 16.7 Å². The molecule has 0 unspecified atom stereocenters. The normalized spacial score (nSPS) is 10.7. The van der Waals surface area contributed by atoms with E-state index in [4.69, 9.17) is 5.26 Å². The molecule has 0 aliphatic heterocycles. The molecule has 8 heteroatoms. The van der Waals surface area contributed by atoms with Gasteiger partial charge >= 0.3 is 5.69 Å². The molecule has 2 aromatic heterocycles. The molecule has 8 nitrogen and oxygen atoms in total. The molecule has 0 aliphatic rings. The summed E-state index contributed by atoms with van der Waals surface area (Å²) in [5.74, 6) is -0.446. The van der Waals surface area contributed by atoms with Crippen LogP contribution in [0, 0.1) is 18.3 Å². The van der Waals surface area contributed by atoms with Gasteiger partial charge < -0.3 is 9.88 Å². The molecule has 0 radical (unpaired) electrons. The Balaban J connectivity index is 1.84. The quantitative estimate of drug-likeness (QED) is 0.555. The van der Waals surface area contributed by atoms with Crippen molar-refractivity contribution in [2.45, 2.75) is 13.5 Å². The number of fused-ring (bicyclic) bond motifs is 1. The number of hydrogen-bond acceptors (Lipinski definition) is 4. The molecule has 0 saturated heterocycles. The van der Waals surface area contributed by atoms with Gasteiger partial charge in [0.25, 0.3) is 5.56 Å². The second kappa shape index (κ2) is 7.80. The van der Waals surface area contributed by atoms with Crippen molar-refractivity contribution < 1.29 is 4.79 Å². The highest BCUT2D eigenvalue weighted by Gasteiger charge is 2.20. The van der Waals surface area contributed by atoms with Crippen LogP contribution in [-0.2, 0) is 18.4 Å². The minimum atomic E-state index is -0.602. The second-order valence-corrected chi connectivity index (χ2v) is 7.16. The largest absolute Gasteiger partial charge is 0.342 e. The van der Waals surface area contributed by atoms with Crippen LogP contribution >= 0.6 is 0 Å². The zero-order chi connectivity index (χ0) is 22.1. The van der Waals surface area contributed by atoms with Crippen LogP contribution in [0.2, 0.25) is 0 Å². The third kappa shape index (κ3) is 3.53. The summed E-state index contributed by atoms with van der Waals surface area (Å²) in [5, 5.41) is 11.7. The molecule has 0 atom stereocenters. The molecule has 154 valence electrons. The summed E-state index contributed by atoms with van der Waals surface area (Å²) in [6.07, 6.45) is 0. The number of carbonyl (C=O) groups excluding carboxylic acids is 1. The lowest BCUT2D eigenvalue weighted by atomic mass is 10.2. The Bertz CT molecular complexity index is 1470. The highest BCUT2D eigenvalue weighted by molar-refractivity contribution is 5.91.